The average Bonchev–Trinajstić information content (AvgIpc) is 3.31. The number of carbonyl (C=O) groups is 1. The molecule has 1 N–H and O–H groups in total. The number of hydrogen-bond donors (Lipinski definition) is 1. The van der Waals surface area contributed by atoms with Crippen LogP contribution < -0.4 is 5.32 Å². The third-order valence-corrected chi connectivity index (χ3v) is 5.01. The maximum Gasteiger partial charge on any atom is 0.253 e. The predicted octanol–water partition coefficient (Wildman–Crippen LogP) is 3.34. The fourth-order valence-electron chi connectivity index (χ4n) is 2.69. The second kappa shape index (κ2) is 7.67. The number of benzene rings is 1. The summed E-state index contributed by atoms with van der Waals surface area (Å²) in [6, 6.07) is 13.4. The van der Waals surface area contributed by atoms with Gasteiger partial charge in [0.2, 0.25) is 11.1 Å². The molecule has 0 atom stereocenters. The fraction of sp³-hybridized carbons (Fsp3) is 0.250. The highest BCUT2D eigenvalue weighted by Crippen LogP contribution is 2.26. The molecule has 3 aromatic heterocycles. The molecular weight excluding hydrogens is 386 g/mol. The molecule has 0 aliphatic carbocycles. The molecule has 3 heterocycles. The van der Waals surface area contributed by atoms with E-state index in [0.717, 1.165) is 11.4 Å². The number of hydrogen-bond acceptors (Lipinski definition) is 6. The summed E-state index contributed by atoms with van der Waals surface area (Å²) >= 11 is 1.26. The monoisotopic (exact) mass is 407 g/mol. The molecule has 0 fully saturated rings. The summed E-state index contributed by atoms with van der Waals surface area (Å²) < 4.78 is 3.34. The van der Waals surface area contributed by atoms with E-state index < -0.39 is 0 Å². The zero-order valence-electron chi connectivity index (χ0n) is 16.4. The number of rotatable bonds is 5. The fourth-order valence-corrected chi connectivity index (χ4v) is 3.31. The summed E-state index contributed by atoms with van der Waals surface area (Å²) in [4.78, 5) is 21.0. The first kappa shape index (κ1) is 19.1. The van der Waals surface area contributed by atoms with Crippen LogP contribution in [0.1, 0.15) is 26.5 Å². The molecule has 1 aromatic carbocycles. The van der Waals surface area contributed by atoms with Gasteiger partial charge in [0.1, 0.15) is 5.82 Å². The number of nitrogens with zero attached hydrogens (tertiary/aromatic N) is 6. The van der Waals surface area contributed by atoms with Crippen LogP contribution in [0.4, 0.5) is 5.82 Å². The predicted molar refractivity (Wildman–Crippen MR) is 112 cm³/mol. The lowest BCUT2D eigenvalue weighted by molar-refractivity contribution is -0.113. The molecule has 0 unspecified atom stereocenters. The number of amides is 1. The van der Waals surface area contributed by atoms with Gasteiger partial charge in [-0.3, -0.25) is 4.79 Å². The van der Waals surface area contributed by atoms with Crippen molar-refractivity contribution in [1.82, 2.24) is 29.4 Å². The molecule has 1 amide bonds. The Balaban J connectivity index is 1.51. The molecule has 29 heavy (non-hydrogen) atoms. The molecule has 9 heteroatoms. The van der Waals surface area contributed by atoms with Crippen LogP contribution in [-0.2, 0) is 10.2 Å². The lowest BCUT2D eigenvalue weighted by Crippen LogP contribution is -2.17. The Morgan fingerprint density at radius 3 is 2.66 bits per heavy atom. The molecule has 0 saturated carbocycles. The maximum atomic E-state index is 12.6. The lowest BCUT2D eigenvalue weighted by Gasteiger charge is -2.14. The lowest BCUT2D eigenvalue weighted by atomic mass is 9.92. The highest BCUT2D eigenvalue weighted by molar-refractivity contribution is 7.99. The first-order valence-corrected chi connectivity index (χ1v) is 10.1. The van der Waals surface area contributed by atoms with Crippen LogP contribution in [-0.4, -0.2) is 41.0 Å². The third-order valence-electron chi connectivity index (χ3n) is 4.18. The van der Waals surface area contributed by atoms with Crippen molar-refractivity contribution in [3.63, 3.8) is 0 Å². The molecule has 0 radical (unpaired) electrons. The molecule has 8 nitrogen and oxygen atoms in total. The Hall–Kier alpha value is -3.20. The van der Waals surface area contributed by atoms with E-state index in [4.69, 9.17) is 5.10 Å². The van der Waals surface area contributed by atoms with Gasteiger partial charge >= 0.3 is 0 Å². The van der Waals surface area contributed by atoms with Crippen LogP contribution in [0.15, 0.2) is 60.0 Å². The summed E-state index contributed by atoms with van der Waals surface area (Å²) in [6.07, 6.45) is 3.43. The van der Waals surface area contributed by atoms with Crippen LogP contribution in [0.25, 0.3) is 11.5 Å². The first-order valence-electron chi connectivity index (χ1n) is 9.16. The normalized spacial score (nSPS) is 11.7. The number of aromatic nitrogens is 6. The molecule has 0 aliphatic rings. The molecule has 4 rings (SSSR count). The Morgan fingerprint density at radius 2 is 1.93 bits per heavy atom. The van der Waals surface area contributed by atoms with E-state index in [2.05, 4.69) is 41.2 Å². The van der Waals surface area contributed by atoms with Crippen molar-refractivity contribution >= 4 is 29.3 Å². The average molecular weight is 408 g/mol. The van der Waals surface area contributed by atoms with Crippen LogP contribution in [0.2, 0.25) is 0 Å². The highest BCUT2D eigenvalue weighted by Gasteiger charge is 2.21. The summed E-state index contributed by atoms with van der Waals surface area (Å²) in [7, 11) is 0. The highest BCUT2D eigenvalue weighted by atomic mass is 32.2. The first-order chi connectivity index (χ1) is 13.9. The van der Waals surface area contributed by atoms with Gasteiger partial charge in [0.15, 0.2) is 0 Å². The SMILES string of the molecule is CC(C)(C)c1cc(NC(=O)CSc2nc3ncccn3n2)n(-c2ccccc2)n1. The minimum Gasteiger partial charge on any atom is -0.310 e. The Kier molecular flexibility index (Phi) is 5.06. The van der Waals surface area contributed by atoms with Gasteiger partial charge in [-0.05, 0) is 18.2 Å². The molecule has 0 spiro atoms. The minimum absolute atomic E-state index is 0.137. The molecular formula is C20H21N7OS. The quantitative estimate of drug-likeness (QED) is 0.510. The molecule has 4 aromatic rings. The van der Waals surface area contributed by atoms with Crippen molar-refractivity contribution < 1.29 is 4.79 Å². The maximum absolute atomic E-state index is 12.6. The topological polar surface area (TPSA) is 90.0 Å². The second-order valence-electron chi connectivity index (χ2n) is 7.51. The standard InChI is InChI=1S/C20H21N7OS/c1-20(2,3)15-12-16(27(24-15)14-8-5-4-6-9-14)22-17(28)13-29-19-23-18-21-10-7-11-26(18)25-19/h4-12H,13H2,1-3H3,(H,22,28). The van der Waals surface area contributed by atoms with Gasteiger partial charge in [0.05, 0.1) is 17.1 Å². The Morgan fingerprint density at radius 1 is 1.14 bits per heavy atom. The van der Waals surface area contributed by atoms with Crippen LogP contribution in [0, 0.1) is 0 Å². The van der Waals surface area contributed by atoms with Crippen molar-refractivity contribution in [2.24, 2.45) is 0 Å². The second-order valence-corrected chi connectivity index (χ2v) is 8.45. The van der Waals surface area contributed by atoms with Crippen LogP contribution in [0.5, 0.6) is 0 Å². The Bertz CT molecular complexity index is 1110. The van der Waals surface area contributed by atoms with E-state index >= 15 is 0 Å². The van der Waals surface area contributed by atoms with Crippen molar-refractivity contribution in [2.75, 3.05) is 11.1 Å². The van der Waals surface area contributed by atoms with Crippen molar-refractivity contribution in [3.05, 3.63) is 60.6 Å². The van der Waals surface area contributed by atoms with Crippen molar-refractivity contribution in [2.45, 2.75) is 31.3 Å². The summed E-state index contributed by atoms with van der Waals surface area (Å²) in [5.41, 5.74) is 1.65. The molecule has 0 bridgehead atoms. The Labute approximate surface area is 172 Å². The number of thioether (sulfide) groups is 1. The van der Waals surface area contributed by atoms with Gasteiger partial charge in [0, 0.05) is 23.9 Å². The summed E-state index contributed by atoms with van der Waals surface area (Å²) in [5.74, 6) is 1.17. The largest absolute Gasteiger partial charge is 0.310 e. The van der Waals surface area contributed by atoms with E-state index in [9.17, 15) is 4.79 Å². The van der Waals surface area contributed by atoms with Crippen molar-refractivity contribution in [1.29, 1.82) is 0 Å². The van der Waals surface area contributed by atoms with E-state index in [1.165, 1.54) is 11.8 Å². The zero-order valence-corrected chi connectivity index (χ0v) is 17.2. The van der Waals surface area contributed by atoms with Crippen molar-refractivity contribution in [3.8, 4) is 5.69 Å². The van der Waals surface area contributed by atoms with Crippen LogP contribution in [0.3, 0.4) is 0 Å². The number of anilines is 1. The van der Waals surface area contributed by atoms with Gasteiger partial charge in [-0.15, -0.1) is 5.10 Å². The zero-order chi connectivity index (χ0) is 20.4. The van der Waals surface area contributed by atoms with Gasteiger partial charge < -0.3 is 5.32 Å². The van der Waals surface area contributed by atoms with E-state index in [1.54, 1.807) is 27.7 Å². The minimum atomic E-state index is -0.153. The van der Waals surface area contributed by atoms with Gasteiger partial charge in [0.25, 0.3) is 5.78 Å². The number of fused-ring (bicyclic) bond motifs is 1. The number of nitrogens with one attached hydrogen (secondary N) is 1. The van der Waals surface area contributed by atoms with E-state index in [0.29, 0.717) is 16.8 Å². The molecule has 0 saturated heterocycles. The van der Waals surface area contributed by atoms with Crippen LogP contribution >= 0.6 is 11.8 Å². The summed E-state index contributed by atoms with van der Waals surface area (Å²) in [6.45, 7) is 6.28. The molecule has 0 aliphatic heterocycles. The smallest absolute Gasteiger partial charge is 0.253 e. The number of para-hydroxylation sites is 1. The van der Waals surface area contributed by atoms with Gasteiger partial charge in [-0.2, -0.15) is 10.1 Å². The van der Waals surface area contributed by atoms with Gasteiger partial charge in [-0.25, -0.2) is 14.2 Å². The van der Waals surface area contributed by atoms with E-state index in [1.807, 2.05) is 36.4 Å². The summed E-state index contributed by atoms with van der Waals surface area (Å²) in [5, 5.41) is 12.5. The third kappa shape index (κ3) is 4.29. The molecule has 148 valence electrons. The van der Waals surface area contributed by atoms with Gasteiger partial charge in [-0.1, -0.05) is 50.7 Å². The van der Waals surface area contributed by atoms with E-state index in [-0.39, 0.29) is 17.1 Å². The number of carbonyl (C=O) groups excluding carboxylic acids is 1.